The van der Waals surface area contributed by atoms with Gasteiger partial charge in [0.05, 0.1) is 18.8 Å². The molecule has 308 valence electrons. The van der Waals surface area contributed by atoms with Gasteiger partial charge in [0.1, 0.15) is 6.10 Å². The van der Waals surface area contributed by atoms with E-state index in [1.54, 1.807) is 6.08 Å². The molecule has 0 aromatic carbocycles. The molecule has 0 aliphatic heterocycles. The third-order valence-electron chi connectivity index (χ3n) is 10.8. The van der Waals surface area contributed by atoms with Crippen LogP contribution in [0.25, 0.3) is 0 Å². The standard InChI is InChI=1S/C47H91NO4/c1-3-5-7-9-11-13-15-17-18-19-20-21-22-23-24-25-26-27-28-30-32-34-36-38-40-42-46(51)47(52)48-44(43-49)45(50)41-39-37-35-33-31-29-16-14-12-10-8-6-4-2/h23-24,39,41,44-46,49-51H,3-22,25-38,40,42-43H2,1-2H3,(H,48,52)/b24-23-,41-39+. The predicted octanol–water partition coefficient (Wildman–Crippen LogP) is 13.4. The molecule has 5 heteroatoms. The monoisotopic (exact) mass is 734 g/mol. The first-order valence-electron chi connectivity index (χ1n) is 23.2. The van der Waals surface area contributed by atoms with Crippen molar-refractivity contribution in [1.29, 1.82) is 0 Å². The number of hydrogen-bond donors (Lipinski definition) is 4. The molecule has 0 aliphatic rings. The van der Waals surface area contributed by atoms with E-state index in [1.807, 2.05) is 6.08 Å². The molecule has 5 nitrogen and oxygen atoms in total. The van der Waals surface area contributed by atoms with Gasteiger partial charge in [0.2, 0.25) is 5.91 Å². The summed E-state index contributed by atoms with van der Waals surface area (Å²) in [5, 5.41) is 33.1. The number of nitrogens with one attached hydrogen (secondary N) is 1. The van der Waals surface area contributed by atoms with Crippen LogP contribution in [0.4, 0.5) is 0 Å². The fourth-order valence-electron chi connectivity index (χ4n) is 7.12. The smallest absolute Gasteiger partial charge is 0.249 e. The van der Waals surface area contributed by atoms with Crippen LogP contribution in [0.15, 0.2) is 24.3 Å². The summed E-state index contributed by atoms with van der Waals surface area (Å²) in [6.07, 6.45) is 52.2. The largest absolute Gasteiger partial charge is 0.394 e. The summed E-state index contributed by atoms with van der Waals surface area (Å²) in [6.45, 7) is 4.19. The fourth-order valence-corrected chi connectivity index (χ4v) is 7.12. The molecule has 0 rings (SSSR count). The first-order valence-corrected chi connectivity index (χ1v) is 23.2. The average Bonchev–Trinajstić information content (AvgIpc) is 3.15. The average molecular weight is 734 g/mol. The number of carbonyl (C=O) groups excluding carboxylic acids is 1. The maximum atomic E-state index is 12.5. The van der Waals surface area contributed by atoms with E-state index in [0.29, 0.717) is 6.42 Å². The molecule has 3 unspecified atom stereocenters. The van der Waals surface area contributed by atoms with Crippen molar-refractivity contribution in [3.8, 4) is 0 Å². The fraction of sp³-hybridized carbons (Fsp3) is 0.894. The van der Waals surface area contributed by atoms with Gasteiger partial charge in [0, 0.05) is 0 Å². The predicted molar refractivity (Wildman–Crippen MR) is 227 cm³/mol. The van der Waals surface area contributed by atoms with E-state index in [-0.39, 0.29) is 6.61 Å². The summed E-state index contributed by atoms with van der Waals surface area (Å²) in [6, 6.07) is -0.796. The van der Waals surface area contributed by atoms with Crippen molar-refractivity contribution in [2.24, 2.45) is 0 Å². The van der Waals surface area contributed by atoms with Crippen LogP contribution < -0.4 is 5.32 Å². The topological polar surface area (TPSA) is 89.8 Å². The second kappa shape index (κ2) is 42.6. The van der Waals surface area contributed by atoms with Crippen molar-refractivity contribution in [3.63, 3.8) is 0 Å². The van der Waals surface area contributed by atoms with Crippen LogP contribution >= 0.6 is 0 Å². The van der Waals surface area contributed by atoms with E-state index >= 15 is 0 Å². The maximum absolute atomic E-state index is 12.5. The third-order valence-corrected chi connectivity index (χ3v) is 10.8. The SMILES string of the molecule is CCCCCCCCCCCCC/C=C/C(O)C(CO)NC(=O)C(O)CCCCCCCCCCC/C=C\CCCCCCCCCCCCCC. The molecule has 4 N–H and O–H groups in total. The highest BCUT2D eigenvalue weighted by Gasteiger charge is 2.22. The molecular weight excluding hydrogens is 643 g/mol. The molecule has 0 fully saturated rings. The molecule has 52 heavy (non-hydrogen) atoms. The molecule has 0 radical (unpaired) electrons. The molecule has 0 aromatic rings. The minimum Gasteiger partial charge on any atom is -0.394 e. The summed E-state index contributed by atoms with van der Waals surface area (Å²) in [4.78, 5) is 12.5. The second-order valence-electron chi connectivity index (χ2n) is 16.0. The Labute approximate surface area is 324 Å². The summed E-state index contributed by atoms with van der Waals surface area (Å²) in [5.74, 6) is -0.504. The first-order chi connectivity index (χ1) is 25.6. The zero-order valence-corrected chi connectivity index (χ0v) is 35.0. The van der Waals surface area contributed by atoms with Crippen LogP contribution in [0.3, 0.4) is 0 Å². The van der Waals surface area contributed by atoms with E-state index in [2.05, 4.69) is 31.3 Å². The number of allylic oxidation sites excluding steroid dienone is 3. The van der Waals surface area contributed by atoms with Crippen molar-refractivity contribution in [3.05, 3.63) is 24.3 Å². The lowest BCUT2D eigenvalue weighted by atomic mass is 10.0. The van der Waals surface area contributed by atoms with Crippen LogP contribution in [-0.2, 0) is 4.79 Å². The summed E-state index contributed by atoms with van der Waals surface area (Å²) in [7, 11) is 0. The molecule has 0 heterocycles. The van der Waals surface area contributed by atoms with Crippen LogP contribution in [0, 0.1) is 0 Å². The highest BCUT2D eigenvalue weighted by Crippen LogP contribution is 2.15. The minimum atomic E-state index is -1.10. The van der Waals surface area contributed by atoms with Gasteiger partial charge in [-0.05, 0) is 44.9 Å². The van der Waals surface area contributed by atoms with Crippen LogP contribution in [0.5, 0.6) is 0 Å². The van der Waals surface area contributed by atoms with Crippen molar-refractivity contribution < 1.29 is 20.1 Å². The Morgan fingerprint density at radius 3 is 1.12 bits per heavy atom. The Kier molecular flexibility index (Phi) is 41.6. The Hall–Kier alpha value is -1.17. The van der Waals surface area contributed by atoms with E-state index in [4.69, 9.17) is 0 Å². The van der Waals surface area contributed by atoms with E-state index in [1.165, 1.54) is 193 Å². The van der Waals surface area contributed by atoms with Crippen LogP contribution in [0.1, 0.15) is 245 Å². The number of aliphatic hydroxyl groups excluding tert-OH is 3. The molecule has 0 aromatic heterocycles. The quantitative estimate of drug-likeness (QED) is 0.0371. The van der Waals surface area contributed by atoms with E-state index in [0.717, 1.165) is 32.1 Å². The van der Waals surface area contributed by atoms with Gasteiger partial charge >= 0.3 is 0 Å². The van der Waals surface area contributed by atoms with Gasteiger partial charge in [-0.25, -0.2) is 0 Å². The van der Waals surface area contributed by atoms with E-state index in [9.17, 15) is 20.1 Å². The number of aliphatic hydroxyl groups is 3. The van der Waals surface area contributed by atoms with Crippen molar-refractivity contribution in [1.82, 2.24) is 5.32 Å². The van der Waals surface area contributed by atoms with Gasteiger partial charge < -0.3 is 20.6 Å². The van der Waals surface area contributed by atoms with Crippen LogP contribution in [0.2, 0.25) is 0 Å². The lowest BCUT2D eigenvalue weighted by Crippen LogP contribution is -2.48. The Morgan fingerprint density at radius 2 is 0.769 bits per heavy atom. The first kappa shape index (κ1) is 50.8. The Bertz CT molecular complexity index is 768. The minimum absolute atomic E-state index is 0.362. The molecule has 0 spiro atoms. The number of hydrogen-bond acceptors (Lipinski definition) is 4. The molecule has 0 saturated carbocycles. The number of unbranched alkanes of at least 4 members (excludes halogenated alkanes) is 32. The number of carbonyl (C=O) groups is 1. The van der Waals surface area contributed by atoms with Gasteiger partial charge in [-0.1, -0.05) is 224 Å². The number of amides is 1. The lowest BCUT2D eigenvalue weighted by molar-refractivity contribution is -0.131. The van der Waals surface area contributed by atoms with Gasteiger partial charge in [0.25, 0.3) is 0 Å². The Morgan fingerprint density at radius 1 is 0.462 bits per heavy atom. The van der Waals surface area contributed by atoms with Gasteiger partial charge in [-0.3, -0.25) is 4.79 Å². The zero-order chi connectivity index (χ0) is 38.0. The molecule has 0 aliphatic carbocycles. The number of rotatable bonds is 42. The summed E-state index contributed by atoms with van der Waals surface area (Å²) >= 11 is 0. The van der Waals surface area contributed by atoms with Crippen molar-refractivity contribution >= 4 is 5.91 Å². The Balaban J connectivity index is 3.60. The molecule has 3 atom stereocenters. The second-order valence-corrected chi connectivity index (χ2v) is 16.0. The van der Waals surface area contributed by atoms with Crippen LogP contribution in [-0.4, -0.2) is 46.1 Å². The van der Waals surface area contributed by atoms with Gasteiger partial charge in [-0.15, -0.1) is 0 Å². The third kappa shape index (κ3) is 37.2. The molecule has 0 saturated heterocycles. The summed E-state index contributed by atoms with van der Waals surface area (Å²) < 4.78 is 0. The highest BCUT2D eigenvalue weighted by molar-refractivity contribution is 5.80. The molecular formula is C47H91NO4. The maximum Gasteiger partial charge on any atom is 0.249 e. The van der Waals surface area contributed by atoms with Crippen molar-refractivity contribution in [2.75, 3.05) is 6.61 Å². The highest BCUT2D eigenvalue weighted by atomic mass is 16.3. The van der Waals surface area contributed by atoms with Gasteiger partial charge in [0.15, 0.2) is 0 Å². The zero-order valence-electron chi connectivity index (χ0n) is 35.0. The normalized spacial score (nSPS) is 13.7. The van der Waals surface area contributed by atoms with Gasteiger partial charge in [-0.2, -0.15) is 0 Å². The lowest BCUT2D eigenvalue weighted by Gasteiger charge is -2.21. The molecule has 0 bridgehead atoms. The van der Waals surface area contributed by atoms with Crippen molar-refractivity contribution in [2.45, 2.75) is 263 Å². The molecule has 1 amide bonds. The van der Waals surface area contributed by atoms with E-state index < -0.39 is 24.2 Å². The summed E-state index contributed by atoms with van der Waals surface area (Å²) in [5.41, 5.74) is 0.